The van der Waals surface area contributed by atoms with Gasteiger partial charge in [-0.15, -0.1) is 0 Å². The zero-order chi connectivity index (χ0) is 15.8. The van der Waals surface area contributed by atoms with Gasteiger partial charge in [0.1, 0.15) is 10.7 Å². The van der Waals surface area contributed by atoms with E-state index in [0.717, 1.165) is 24.4 Å². The molecule has 0 saturated carbocycles. The normalized spacial score (nSPS) is 12.3. The van der Waals surface area contributed by atoms with E-state index in [1.54, 1.807) is 0 Å². The van der Waals surface area contributed by atoms with E-state index in [9.17, 15) is 21.2 Å². The minimum Gasteiger partial charge on any atom is -0.281 e. The molecule has 11 heteroatoms. The van der Waals surface area contributed by atoms with E-state index >= 15 is 0 Å². The van der Waals surface area contributed by atoms with Crippen LogP contribution in [0.2, 0.25) is 0 Å². The molecule has 0 saturated heterocycles. The largest absolute Gasteiger partial charge is 0.281 e. The Balaban J connectivity index is 2.47. The second kappa shape index (κ2) is 5.09. The van der Waals surface area contributed by atoms with Crippen LogP contribution in [0.3, 0.4) is 0 Å². The number of aryl methyl sites for hydroxylation is 1. The number of rotatable bonds is 4. The third kappa shape index (κ3) is 3.20. The average molecular weight is 334 g/mol. The number of hydrogen-bond acceptors (Lipinski definition) is 5. The minimum atomic E-state index is -4.10. The molecular weight excluding hydrogens is 323 g/mol. The summed E-state index contributed by atoms with van der Waals surface area (Å²) in [6.45, 7) is 1.47. The van der Waals surface area contributed by atoms with E-state index in [1.165, 1.54) is 6.92 Å². The molecule has 0 bridgehead atoms. The lowest BCUT2D eigenvalue weighted by atomic mass is 10.3. The molecule has 114 valence electrons. The maximum Gasteiger partial charge on any atom is 0.265 e. The van der Waals surface area contributed by atoms with Crippen LogP contribution in [0.5, 0.6) is 0 Å². The molecule has 0 aliphatic carbocycles. The first-order valence-electron chi connectivity index (χ1n) is 5.46. The van der Waals surface area contributed by atoms with Gasteiger partial charge in [-0.25, -0.2) is 26.4 Å². The number of sulfonamides is 2. The van der Waals surface area contributed by atoms with E-state index < -0.39 is 36.4 Å². The van der Waals surface area contributed by atoms with Gasteiger partial charge in [0.15, 0.2) is 0 Å². The number of aromatic amines is 1. The molecule has 1 heterocycles. The van der Waals surface area contributed by atoms with Crippen molar-refractivity contribution < 1.29 is 21.2 Å². The predicted molar refractivity (Wildman–Crippen MR) is 71.9 cm³/mol. The van der Waals surface area contributed by atoms with Gasteiger partial charge in [-0.05, 0) is 25.1 Å². The molecule has 0 radical (unpaired) electrons. The fraction of sp³-hybridized carbons (Fsp3) is 0.100. The Bertz CT molecular complexity index is 890. The minimum absolute atomic E-state index is 0.178. The molecule has 4 N–H and O–H groups in total. The number of nitrogens with zero attached hydrogens (tertiary/aromatic N) is 1. The van der Waals surface area contributed by atoms with Gasteiger partial charge < -0.3 is 0 Å². The summed E-state index contributed by atoms with van der Waals surface area (Å²) in [5, 5.41) is 10.9. The molecule has 0 amide bonds. The van der Waals surface area contributed by atoms with Crippen molar-refractivity contribution in [2.75, 3.05) is 4.72 Å². The molecule has 21 heavy (non-hydrogen) atoms. The van der Waals surface area contributed by atoms with Gasteiger partial charge in [-0.1, -0.05) is 0 Å². The number of primary sulfonamides is 1. The summed E-state index contributed by atoms with van der Waals surface area (Å²) < 4.78 is 62.2. The number of aromatic nitrogens is 2. The number of H-pyrrole nitrogens is 1. The highest BCUT2D eigenvalue weighted by Crippen LogP contribution is 2.23. The van der Waals surface area contributed by atoms with Crippen molar-refractivity contribution in [2.45, 2.75) is 16.7 Å². The van der Waals surface area contributed by atoms with Crippen molar-refractivity contribution in [3.8, 4) is 0 Å². The Morgan fingerprint density at radius 3 is 2.48 bits per heavy atom. The van der Waals surface area contributed by atoms with Gasteiger partial charge in [0, 0.05) is 0 Å². The van der Waals surface area contributed by atoms with Crippen molar-refractivity contribution in [1.29, 1.82) is 0 Å². The van der Waals surface area contributed by atoms with Crippen molar-refractivity contribution in [2.24, 2.45) is 5.14 Å². The van der Waals surface area contributed by atoms with Crippen LogP contribution in [0.15, 0.2) is 34.2 Å². The van der Waals surface area contributed by atoms with Gasteiger partial charge in [0.05, 0.1) is 22.5 Å². The summed E-state index contributed by atoms with van der Waals surface area (Å²) in [6.07, 6.45) is 1.05. The number of benzene rings is 1. The Labute approximate surface area is 120 Å². The number of nitrogens with one attached hydrogen (secondary N) is 2. The van der Waals surface area contributed by atoms with Crippen LogP contribution in [0.1, 0.15) is 5.69 Å². The lowest BCUT2D eigenvalue weighted by molar-refractivity contribution is 0.593. The van der Waals surface area contributed by atoms with E-state index in [2.05, 4.69) is 10.2 Å². The fourth-order valence-electron chi connectivity index (χ4n) is 1.57. The summed E-state index contributed by atoms with van der Waals surface area (Å²) in [4.78, 5) is -0.589. The zero-order valence-corrected chi connectivity index (χ0v) is 12.3. The summed E-state index contributed by atoms with van der Waals surface area (Å²) in [5.74, 6) is -0.938. The SMILES string of the molecule is Cc1[nH]ncc1S(=O)(=O)Nc1cc(S(N)(=O)=O)ccc1F. The Kier molecular flexibility index (Phi) is 3.74. The molecule has 0 atom stereocenters. The van der Waals surface area contributed by atoms with Crippen LogP contribution < -0.4 is 9.86 Å². The molecule has 2 aromatic rings. The van der Waals surface area contributed by atoms with Crippen LogP contribution in [0.4, 0.5) is 10.1 Å². The molecule has 0 spiro atoms. The maximum absolute atomic E-state index is 13.6. The third-order valence-corrected chi connectivity index (χ3v) is 4.97. The molecule has 1 aromatic heterocycles. The van der Waals surface area contributed by atoms with Gasteiger partial charge in [-0.3, -0.25) is 9.82 Å². The number of hydrogen-bond donors (Lipinski definition) is 3. The lowest BCUT2D eigenvalue weighted by Crippen LogP contribution is -2.16. The van der Waals surface area contributed by atoms with Crippen molar-refractivity contribution in [3.63, 3.8) is 0 Å². The highest BCUT2D eigenvalue weighted by Gasteiger charge is 2.21. The van der Waals surface area contributed by atoms with Crippen LogP contribution in [-0.2, 0) is 20.0 Å². The highest BCUT2D eigenvalue weighted by atomic mass is 32.2. The third-order valence-electron chi connectivity index (χ3n) is 2.58. The first-order valence-corrected chi connectivity index (χ1v) is 8.49. The van der Waals surface area contributed by atoms with Gasteiger partial charge in [0.25, 0.3) is 10.0 Å². The smallest absolute Gasteiger partial charge is 0.265 e. The Morgan fingerprint density at radius 1 is 1.29 bits per heavy atom. The molecule has 1 aromatic carbocycles. The van der Waals surface area contributed by atoms with Gasteiger partial charge >= 0.3 is 0 Å². The van der Waals surface area contributed by atoms with E-state index in [0.29, 0.717) is 0 Å². The Hall–Kier alpha value is -1.98. The molecular formula is C10H11FN4O4S2. The van der Waals surface area contributed by atoms with Gasteiger partial charge in [0.2, 0.25) is 10.0 Å². The van der Waals surface area contributed by atoms with Gasteiger partial charge in [-0.2, -0.15) is 5.10 Å². The first-order chi connectivity index (χ1) is 9.61. The standard InChI is InChI=1S/C10H11FN4O4S2/c1-6-10(5-13-14-6)21(18,19)15-9-4-7(20(12,16)17)2-3-8(9)11/h2-5,15H,1H3,(H,13,14)(H2,12,16,17). The van der Waals surface area contributed by atoms with E-state index in [4.69, 9.17) is 5.14 Å². The molecule has 8 nitrogen and oxygen atoms in total. The molecule has 2 rings (SSSR count). The Morgan fingerprint density at radius 2 is 1.95 bits per heavy atom. The van der Waals surface area contributed by atoms with Crippen LogP contribution in [0.25, 0.3) is 0 Å². The van der Waals surface area contributed by atoms with Crippen molar-refractivity contribution in [1.82, 2.24) is 10.2 Å². The van der Waals surface area contributed by atoms with Crippen LogP contribution in [-0.4, -0.2) is 27.0 Å². The number of halogens is 1. The quantitative estimate of drug-likeness (QED) is 0.739. The lowest BCUT2D eigenvalue weighted by Gasteiger charge is -2.09. The maximum atomic E-state index is 13.6. The van der Waals surface area contributed by atoms with Crippen molar-refractivity contribution >= 4 is 25.7 Å². The monoisotopic (exact) mass is 334 g/mol. The van der Waals surface area contributed by atoms with E-state index in [-0.39, 0.29) is 10.6 Å². The van der Waals surface area contributed by atoms with Crippen LogP contribution >= 0.6 is 0 Å². The topological polar surface area (TPSA) is 135 Å². The first kappa shape index (κ1) is 15.4. The summed E-state index contributed by atoms with van der Waals surface area (Å²) in [6, 6.07) is 2.54. The zero-order valence-electron chi connectivity index (χ0n) is 10.7. The predicted octanol–water partition coefficient (Wildman–Crippen LogP) is 0.305. The average Bonchev–Trinajstić information content (AvgIpc) is 2.77. The summed E-state index contributed by atoms with van der Waals surface area (Å²) >= 11 is 0. The summed E-state index contributed by atoms with van der Waals surface area (Å²) in [5.41, 5.74) is -0.271. The number of anilines is 1. The molecule has 0 unspecified atom stereocenters. The second-order valence-electron chi connectivity index (χ2n) is 4.15. The number of nitrogens with two attached hydrogens (primary N) is 1. The molecule has 0 fully saturated rings. The summed E-state index contributed by atoms with van der Waals surface area (Å²) in [7, 11) is -8.18. The second-order valence-corrected chi connectivity index (χ2v) is 7.36. The van der Waals surface area contributed by atoms with E-state index in [1.807, 2.05) is 4.72 Å². The van der Waals surface area contributed by atoms with Crippen LogP contribution in [0, 0.1) is 12.7 Å². The van der Waals surface area contributed by atoms with Crippen molar-refractivity contribution in [3.05, 3.63) is 35.9 Å². The molecule has 0 aliphatic heterocycles. The highest BCUT2D eigenvalue weighted by molar-refractivity contribution is 7.92. The fourth-order valence-corrected chi connectivity index (χ4v) is 3.31. The molecule has 0 aliphatic rings.